The summed E-state index contributed by atoms with van der Waals surface area (Å²) in [5.74, 6) is 0.663. The molecule has 0 heterocycles. The molecule has 140 valence electrons. The maximum atomic E-state index is 12.7. The molecule has 2 aromatic rings. The highest BCUT2D eigenvalue weighted by Gasteiger charge is 2.33. The van der Waals surface area contributed by atoms with Gasteiger partial charge in [-0.05, 0) is 50.1 Å². The second-order valence-electron chi connectivity index (χ2n) is 6.52. The van der Waals surface area contributed by atoms with Crippen molar-refractivity contribution in [3.8, 4) is 5.75 Å². The third-order valence-electron chi connectivity index (χ3n) is 4.31. The molecule has 2 rings (SSSR count). The van der Waals surface area contributed by atoms with E-state index in [4.69, 9.17) is 9.47 Å². The Labute approximate surface area is 156 Å². The Morgan fingerprint density at radius 1 is 1.04 bits per heavy atom. The van der Waals surface area contributed by atoms with Crippen molar-refractivity contribution < 1.29 is 14.3 Å². The van der Waals surface area contributed by atoms with Gasteiger partial charge in [0.15, 0.2) is 0 Å². The van der Waals surface area contributed by atoms with Crippen LogP contribution in [0.4, 0.5) is 5.69 Å². The van der Waals surface area contributed by atoms with Gasteiger partial charge in [-0.1, -0.05) is 50.1 Å². The van der Waals surface area contributed by atoms with Crippen molar-refractivity contribution >= 4 is 11.6 Å². The molecule has 2 aromatic carbocycles. The third kappa shape index (κ3) is 5.88. The van der Waals surface area contributed by atoms with Crippen LogP contribution in [0.3, 0.4) is 0 Å². The number of carbonyl (C=O) groups is 1. The summed E-state index contributed by atoms with van der Waals surface area (Å²) in [5, 5.41) is 2.96. The van der Waals surface area contributed by atoms with Crippen LogP contribution in [0.1, 0.15) is 45.6 Å². The van der Waals surface area contributed by atoms with Crippen LogP contribution in [0.15, 0.2) is 54.6 Å². The first-order valence-corrected chi connectivity index (χ1v) is 9.29. The highest BCUT2D eigenvalue weighted by molar-refractivity contribution is 5.97. The quantitative estimate of drug-likeness (QED) is 0.638. The maximum Gasteiger partial charge on any atom is 0.256 e. The van der Waals surface area contributed by atoms with Gasteiger partial charge < -0.3 is 14.8 Å². The van der Waals surface area contributed by atoms with E-state index in [2.05, 4.69) is 12.2 Å². The van der Waals surface area contributed by atoms with Crippen LogP contribution < -0.4 is 10.1 Å². The zero-order valence-corrected chi connectivity index (χ0v) is 16.0. The number of ether oxygens (including phenoxy) is 2. The van der Waals surface area contributed by atoms with E-state index < -0.39 is 5.60 Å². The van der Waals surface area contributed by atoms with Gasteiger partial charge in [0, 0.05) is 12.3 Å². The van der Waals surface area contributed by atoms with Gasteiger partial charge in [0.2, 0.25) is 0 Å². The fourth-order valence-electron chi connectivity index (χ4n) is 2.72. The highest BCUT2D eigenvalue weighted by Crippen LogP contribution is 2.23. The Balaban J connectivity index is 1.93. The number of anilines is 1. The Morgan fingerprint density at radius 2 is 1.73 bits per heavy atom. The Bertz CT molecular complexity index is 670. The standard InChI is InChI=1S/C22H29NO3/c1-4-6-16-22(3,26-5-2)21(24)23-19-12-14-20(15-13-19)25-17-18-10-8-7-9-11-18/h7-15H,4-6,16-17H2,1-3H3,(H,23,24). The summed E-state index contributed by atoms with van der Waals surface area (Å²) in [7, 11) is 0. The van der Waals surface area contributed by atoms with Gasteiger partial charge in [0.25, 0.3) is 5.91 Å². The van der Waals surface area contributed by atoms with Gasteiger partial charge in [-0.25, -0.2) is 0 Å². The number of rotatable bonds is 10. The molecular formula is C22H29NO3. The minimum Gasteiger partial charge on any atom is -0.489 e. The molecule has 26 heavy (non-hydrogen) atoms. The molecule has 0 spiro atoms. The zero-order valence-electron chi connectivity index (χ0n) is 16.0. The van der Waals surface area contributed by atoms with E-state index in [1.54, 1.807) is 0 Å². The second-order valence-corrected chi connectivity index (χ2v) is 6.52. The van der Waals surface area contributed by atoms with Crippen LogP contribution in [0.25, 0.3) is 0 Å². The Morgan fingerprint density at radius 3 is 2.35 bits per heavy atom. The van der Waals surface area contributed by atoms with E-state index >= 15 is 0 Å². The number of benzene rings is 2. The smallest absolute Gasteiger partial charge is 0.256 e. The van der Waals surface area contributed by atoms with Crippen LogP contribution in [0.2, 0.25) is 0 Å². The lowest BCUT2D eigenvalue weighted by molar-refractivity contribution is -0.139. The second kappa shape index (κ2) is 9.97. The Kier molecular flexibility index (Phi) is 7.67. The monoisotopic (exact) mass is 355 g/mol. The highest BCUT2D eigenvalue weighted by atomic mass is 16.5. The van der Waals surface area contributed by atoms with Gasteiger partial charge in [-0.15, -0.1) is 0 Å². The minimum atomic E-state index is -0.798. The Hall–Kier alpha value is -2.33. The van der Waals surface area contributed by atoms with Gasteiger partial charge in [-0.3, -0.25) is 4.79 Å². The molecule has 0 aliphatic rings. The molecule has 0 fully saturated rings. The lowest BCUT2D eigenvalue weighted by Crippen LogP contribution is -2.42. The molecule has 0 bridgehead atoms. The summed E-state index contributed by atoms with van der Waals surface area (Å²) >= 11 is 0. The lowest BCUT2D eigenvalue weighted by Gasteiger charge is -2.28. The SMILES string of the molecule is CCCCC(C)(OCC)C(=O)Nc1ccc(OCc2ccccc2)cc1. The minimum absolute atomic E-state index is 0.106. The summed E-state index contributed by atoms with van der Waals surface area (Å²) in [4.78, 5) is 12.7. The molecule has 4 nitrogen and oxygen atoms in total. The van der Waals surface area contributed by atoms with Crippen molar-refractivity contribution in [2.45, 2.75) is 52.2 Å². The van der Waals surface area contributed by atoms with Crippen LogP contribution in [-0.2, 0) is 16.1 Å². The van der Waals surface area contributed by atoms with Crippen LogP contribution in [0, 0.1) is 0 Å². The molecule has 1 unspecified atom stereocenters. The maximum absolute atomic E-state index is 12.7. The predicted molar refractivity (Wildman–Crippen MR) is 105 cm³/mol. The average molecular weight is 355 g/mol. The topological polar surface area (TPSA) is 47.6 Å². The molecule has 0 aromatic heterocycles. The van der Waals surface area contributed by atoms with Gasteiger partial charge >= 0.3 is 0 Å². The number of amides is 1. The van der Waals surface area contributed by atoms with E-state index in [1.165, 1.54) is 0 Å². The normalized spacial score (nSPS) is 13.0. The number of unbranched alkanes of at least 4 members (excludes halogenated alkanes) is 1. The van der Waals surface area contributed by atoms with Crippen molar-refractivity contribution in [1.82, 2.24) is 0 Å². The third-order valence-corrected chi connectivity index (χ3v) is 4.31. The van der Waals surface area contributed by atoms with Crippen molar-refractivity contribution in [1.29, 1.82) is 0 Å². The van der Waals surface area contributed by atoms with Crippen molar-refractivity contribution in [3.63, 3.8) is 0 Å². The van der Waals surface area contributed by atoms with Gasteiger partial charge in [-0.2, -0.15) is 0 Å². The van der Waals surface area contributed by atoms with E-state index in [0.717, 1.165) is 29.8 Å². The first-order valence-electron chi connectivity index (χ1n) is 9.29. The first kappa shape index (κ1) is 20.0. The lowest BCUT2D eigenvalue weighted by atomic mass is 9.97. The molecule has 1 N–H and O–H groups in total. The van der Waals surface area contributed by atoms with Crippen molar-refractivity contribution in [3.05, 3.63) is 60.2 Å². The predicted octanol–water partition coefficient (Wildman–Crippen LogP) is 5.19. The van der Waals surface area contributed by atoms with Crippen LogP contribution >= 0.6 is 0 Å². The van der Waals surface area contributed by atoms with Crippen molar-refractivity contribution in [2.75, 3.05) is 11.9 Å². The van der Waals surface area contributed by atoms with Gasteiger partial charge in [0.1, 0.15) is 18.0 Å². The molecule has 0 aliphatic carbocycles. The molecular weight excluding hydrogens is 326 g/mol. The fourth-order valence-corrected chi connectivity index (χ4v) is 2.72. The number of hydrogen-bond acceptors (Lipinski definition) is 3. The molecule has 0 radical (unpaired) electrons. The van der Waals surface area contributed by atoms with E-state index in [0.29, 0.717) is 19.6 Å². The fraction of sp³-hybridized carbons (Fsp3) is 0.409. The summed E-state index contributed by atoms with van der Waals surface area (Å²) in [6.07, 6.45) is 2.70. The molecule has 0 aliphatic heterocycles. The van der Waals surface area contributed by atoms with E-state index in [1.807, 2.05) is 68.4 Å². The summed E-state index contributed by atoms with van der Waals surface area (Å²) in [6.45, 7) is 6.92. The van der Waals surface area contributed by atoms with Gasteiger partial charge in [0.05, 0.1) is 0 Å². The molecule has 1 amide bonds. The molecule has 0 saturated carbocycles. The number of nitrogens with one attached hydrogen (secondary N) is 1. The zero-order chi connectivity index (χ0) is 18.8. The average Bonchev–Trinajstić information content (AvgIpc) is 2.67. The summed E-state index contributed by atoms with van der Waals surface area (Å²) < 4.78 is 11.5. The van der Waals surface area contributed by atoms with Crippen LogP contribution in [0.5, 0.6) is 5.75 Å². The van der Waals surface area contributed by atoms with E-state index in [-0.39, 0.29) is 5.91 Å². The molecule has 1 atom stereocenters. The van der Waals surface area contributed by atoms with Crippen LogP contribution in [-0.4, -0.2) is 18.1 Å². The largest absolute Gasteiger partial charge is 0.489 e. The summed E-state index contributed by atoms with van der Waals surface area (Å²) in [5.41, 5.74) is 1.06. The first-order chi connectivity index (χ1) is 12.6. The molecule has 0 saturated heterocycles. The molecule has 4 heteroatoms. The number of carbonyl (C=O) groups excluding carboxylic acids is 1. The summed E-state index contributed by atoms with van der Waals surface area (Å²) in [6, 6.07) is 17.5. The number of hydrogen-bond donors (Lipinski definition) is 1. The van der Waals surface area contributed by atoms with E-state index in [9.17, 15) is 4.79 Å². The van der Waals surface area contributed by atoms with Crippen molar-refractivity contribution in [2.24, 2.45) is 0 Å².